The highest BCUT2D eigenvalue weighted by molar-refractivity contribution is 5.82. The van der Waals surface area contributed by atoms with Crippen LogP contribution in [0.15, 0.2) is 30.3 Å². The molecule has 3 unspecified atom stereocenters. The van der Waals surface area contributed by atoms with Crippen molar-refractivity contribution >= 4 is 11.9 Å². The van der Waals surface area contributed by atoms with E-state index in [1.54, 1.807) is 6.92 Å². The first-order chi connectivity index (χ1) is 11.1. The van der Waals surface area contributed by atoms with Crippen LogP contribution in [-0.4, -0.2) is 31.1 Å². The average Bonchev–Trinajstić information content (AvgIpc) is 2.56. The third-order valence-corrected chi connectivity index (χ3v) is 4.34. The maximum atomic E-state index is 12.3. The summed E-state index contributed by atoms with van der Waals surface area (Å²) in [6.07, 6.45) is 3.56. The summed E-state index contributed by atoms with van der Waals surface area (Å²) in [6, 6.07) is 9.52. The van der Waals surface area contributed by atoms with E-state index in [4.69, 9.17) is 10.5 Å². The van der Waals surface area contributed by atoms with Crippen LogP contribution in [0.3, 0.4) is 0 Å². The molecule has 1 saturated carbocycles. The number of hydrogen-bond donors (Lipinski definition) is 2. The summed E-state index contributed by atoms with van der Waals surface area (Å²) in [7, 11) is 0. The van der Waals surface area contributed by atoms with Gasteiger partial charge in [0.1, 0.15) is 0 Å². The van der Waals surface area contributed by atoms with Gasteiger partial charge in [0.15, 0.2) is 0 Å². The van der Waals surface area contributed by atoms with Crippen molar-refractivity contribution < 1.29 is 14.3 Å². The fraction of sp³-hybridized carbons (Fsp3) is 0.556. The molecule has 3 N–H and O–H groups in total. The summed E-state index contributed by atoms with van der Waals surface area (Å²) in [5.41, 5.74) is 6.80. The van der Waals surface area contributed by atoms with Crippen LogP contribution in [0.25, 0.3) is 0 Å². The first-order valence-electron chi connectivity index (χ1n) is 8.36. The monoisotopic (exact) mass is 318 g/mol. The minimum Gasteiger partial charge on any atom is -0.465 e. The minimum atomic E-state index is -0.475. The van der Waals surface area contributed by atoms with Crippen molar-refractivity contribution in [2.75, 3.05) is 13.2 Å². The summed E-state index contributed by atoms with van der Waals surface area (Å²) in [5.74, 6) is -0.834. The Morgan fingerprint density at radius 1 is 1.30 bits per heavy atom. The van der Waals surface area contributed by atoms with E-state index in [1.807, 2.05) is 30.3 Å². The maximum absolute atomic E-state index is 12.3. The van der Waals surface area contributed by atoms with Crippen molar-refractivity contribution in [1.82, 2.24) is 5.32 Å². The second-order valence-electron chi connectivity index (χ2n) is 6.08. The Morgan fingerprint density at radius 3 is 2.70 bits per heavy atom. The van der Waals surface area contributed by atoms with Gasteiger partial charge in [0.05, 0.1) is 12.5 Å². The van der Waals surface area contributed by atoms with Gasteiger partial charge in [0, 0.05) is 18.5 Å². The first kappa shape index (κ1) is 17.5. The van der Waals surface area contributed by atoms with Gasteiger partial charge in [-0.15, -0.1) is 0 Å². The first-order valence-corrected chi connectivity index (χ1v) is 8.36. The van der Waals surface area contributed by atoms with Gasteiger partial charge in [-0.05, 0) is 31.7 Å². The third kappa shape index (κ3) is 5.06. The molecule has 23 heavy (non-hydrogen) atoms. The summed E-state index contributed by atoms with van der Waals surface area (Å²) in [5, 5.41) is 2.92. The zero-order valence-electron chi connectivity index (χ0n) is 13.7. The summed E-state index contributed by atoms with van der Waals surface area (Å²) >= 11 is 0. The Labute approximate surface area is 137 Å². The summed E-state index contributed by atoms with van der Waals surface area (Å²) in [6.45, 7) is 2.36. The number of rotatable bonds is 6. The molecule has 3 atom stereocenters. The molecule has 1 aromatic carbocycles. The number of amides is 1. The molecule has 2 rings (SSSR count). The normalized spacial score (nSPS) is 22.2. The van der Waals surface area contributed by atoms with Gasteiger partial charge in [-0.1, -0.05) is 36.8 Å². The minimum absolute atomic E-state index is 0.00891. The predicted molar refractivity (Wildman–Crippen MR) is 88.8 cm³/mol. The Bertz CT molecular complexity index is 518. The molecule has 1 fully saturated rings. The molecule has 1 aromatic rings. The van der Waals surface area contributed by atoms with Crippen molar-refractivity contribution in [1.29, 1.82) is 0 Å². The highest BCUT2D eigenvalue weighted by atomic mass is 16.5. The highest BCUT2D eigenvalue weighted by Crippen LogP contribution is 2.23. The van der Waals surface area contributed by atoms with Crippen molar-refractivity contribution in [3.05, 3.63) is 35.9 Å². The lowest BCUT2D eigenvalue weighted by Crippen LogP contribution is -2.40. The van der Waals surface area contributed by atoms with Gasteiger partial charge in [-0.25, -0.2) is 0 Å². The second-order valence-corrected chi connectivity index (χ2v) is 6.08. The predicted octanol–water partition coefficient (Wildman–Crippen LogP) is 1.97. The van der Waals surface area contributed by atoms with Crippen molar-refractivity contribution in [2.45, 2.75) is 44.6 Å². The van der Waals surface area contributed by atoms with E-state index in [0.717, 1.165) is 31.2 Å². The van der Waals surface area contributed by atoms with E-state index in [-0.39, 0.29) is 30.4 Å². The molecule has 126 valence electrons. The van der Waals surface area contributed by atoms with Crippen LogP contribution < -0.4 is 11.1 Å². The average molecular weight is 318 g/mol. The van der Waals surface area contributed by atoms with Crippen LogP contribution in [0.5, 0.6) is 0 Å². The number of benzene rings is 1. The molecular weight excluding hydrogens is 292 g/mol. The van der Waals surface area contributed by atoms with E-state index in [9.17, 15) is 9.59 Å². The van der Waals surface area contributed by atoms with Crippen LogP contribution in [0.2, 0.25) is 0 Å². The standard InChI is InChI=1S/C18H26N2O3/c1-2-23-18(22)16(13-7-4-3-5-8-13)12-20-17(21)14-9-6-10-15(19)11-14/h3-5,7-8,14-16H,2,6,9-12,19H2,1H3,(H,20,21). The van der Waals surface area contributed by atoms with Gasteiger partial charge in [0.2, 0.25) is 5.91 Å². The Hall–Kier alpha value is -1.88. The van der Waals surface area contributed by atoms with Crippen molar-refractivity contribution in [3.63, 3.8) is 0 Å². The van der Waals surface area contributed by atoms with Crippen LogP contribution >= 0.6 is 0 Å². The largest absolute Gasteiger partial charge is 0.465 e. The zero-order valence-corrected chi connectivity index (χ0v) is 13.7. The topological polar surface area (TPSA) is 81.4 Å². The number of hydrogen-bond acceptors (Lipinski definition) is 4. The molecule has 5 heteroatoms. The molecule has 0 bridgehead atoms. The lowest BCUT2D eigenvalue weighted by atomic mass is 9.85. The molecule has 0 spiro atoms. The maximum Gasteiger partial charge on any atom is 0.315 e. The number of nitrogens with two attached hydrogens (primary N) is 1. The highest BCUT2D eigenvalue weighted by Gasteiger charge is 2.27. The molecule has 0 radical (unpaired) electrons. The van der Waals surface area contributed by atoms with Gasteiger partial charge < -0.3 is 15.8 Å². The van der Waals surface area contributed by atoms with E-state index in [2.05, 4.69) is 5.32 Å². The SMILES string of the molecule is CCOC(=O)C(CNC(=O)C1CCCC(N)C1)c1ccccc1. The molecular formula is C18H26N2O3. The van der Waals surface area contributed by atoms with E-state index < -0.39 is 5.92 Å². The van der Waals surface area contributed by atoms with E-state index in [0.29, 0.717) is 6.61 Å². The van der Waals surface area contributed by atoms with Gasteiger partial charge in [-0.2, -0.15) is 0 Å². The van der Waals surface area contributed by atoms with Gasteiger partial charge in [-0.3, -0.25) is 9.59 Å². The number of ether oxygens (including phenoxy) is 1. The molecule has 1 amide bonds. The van der Waals surface area contributed by atoms with Gasteiger partial charge >= 0.3 is 5.97 Å². The molecule has 0 saturated heterocycles. The van der Waals surface area contributed by atoms with Crippen LogP contribution in [-0.2, 0) is 14.3 Å². The van der Waals surface area contributed by atoms with Crippen LogP contribution in [0, 0.1) is 5.92 Å². The number of nitrogens with one attached hydrogen (secondary N) is 1. The lowest BCUT2D eigenvalue weighted by Gasteiger charge is -2.26. The molecule has 5 nitrogen and oxygen atoms in total. The van der Waals surface area contributed by atoms with Gasteiger partial charge in [0.25, 0.3) is 0 Å². The van der Waals surface area contributed by atoms with Crippen LogP contribution in [0.1, 0.15) is 44.1 Å². The number of esters is 1. The molecule has 0 aliphatic heterocycles. The van der Waals surface area contributed by atoms with E-state index in [1.165, 1.54) is 0 Å². The lowest BCUT2D eigenvalue weighted by molar-refractivity contribution is -0.145. The third-order valence-electron chi connectivity index (χ3n) is 4.34. The van der Waals surface area contributed by atoms with Crippen molar-refractivity contribution in [2.24, 2.45) is 11.7 Å². The molecule has 1 aliphatic rings. The second kappa shape index (κ2) is 8.67. The Kier molecular flexibility index (Phi) is 6.59. The van der Waals surface area contributed by atoms with E-state index >= 15 is 0 Å². The fourth-order valence-corrected chi connectivity index (χ4v) is 3.08. The Balaban J connectivity index is 1.97. The Morgan fingerprint density at radius 2 is 2.04 bits per heavy atom. The molecule has 1 aliphatic carbocycles. The fourth-order valence-electron chi connectivity index (χ4n) is 3.08. The summed E-state index contributed by atoms with van der Waals surface area (Å²) < 4.78 is 5.14. The molecule has 0 heterocycles. The molecule has 0 aromatic heterocycles. The smallest absolute Gasteiger partial charge is 0.315 e. The number of carbonyl (C=O) groups is 2. The van der Waals surface area contributed by atoms with Crippen molar-refractivity contribution in [3.8, 4) is 0 Å². The number of carbonyl (C=O) groups excluding carboxylic acids is 2. The zero-order chi connectivity index (χ0) is 16.7. The summed E-state index contributed by atoms with van der Waals surface area (Å²) in [4.78, 5) is 24.5. The quantitative estimate of drug-likeness (QED) is 0.786. The van der Waals surface area contributed by atoms with Crippen LogP contribution in [0.4, 0.5) is 0 Å².